The van der Waals surface area contributed by atoms with Crippen LogP contribution in [0.25, 0.3) is 5.09 Å². The third kappa shape index (κ3) is 5.92. The first-order valence-electron chi connectivity index (χ1n) is 6.58. The molecule has 0 aliphatic heterocycles. The summed E-state index contributed by atoms with van der Waals surface area (Å²) in [7, 11) is 2.63. The Morgan fingerprint density at radius 3 is 1.30 bits per heavy atom. The van der Waals surface area contributed by atoms with E-state index in [9.17, 15) is 0 Å². The molecule has 0 radical (unpaired) electrons. The van der Waals surface area contributed by atoms with Crippen molar-refractivity contribution in [1.82, 2.24) is 5.01 Å². The van der Waals surface area contributed by atoms with E-state index < -0.39 is 8.24 Å². The van der Waals surface area contributed by atoms with Crippen LogP contribution in [0, 0.1) is 46.0 Å². The van der Waals surface area contributed by atoms with E-state index in [2.05, 4.69) is 54.9 Å². The van der Waals surface area contributed by atoms with Crippen LogP contribution in [0.4, 0.5) is 0 Å². The second-order valence-electron chi connectivity index (χ2n) is 6.56. The van der Waals surface area contributed by atoms with Gasteiger partial charge in [0.25, 0.3) is 0 Å². The van der Waals surface area contributed by atoms with Gasteiger partial charge in [-0.15, -0.1) is 0 Å². The summed E-state index contributed by atoms with van der Waals surface area (Å²) in [6, 6.07) is 0. The topological polar surface area (TPSA) is 17.3 Å². The fraction of sp³-hybridized carbons (Fsp3) is 0.812. The summed E-state index contributed by atoms with van der Waals surface area (Å²) in [6.45, 7) is 14.6. The molecule has 4 unspecified atom stereocenters. The maximum atomic E-state index is 4.93. The van der Waals surface area contributed by atoms with Gasteiger partial charge in [0.1, 0.15) is 0 Å². The summed E-state index contributed by atoms with van der Waals surface area (Å²) in [6.07, 6.45) is 0. The zero-order valence-electron chi connectivity index (χ0n) is 15.8. The standard InChI is InChI=1S/C13H29N2Si.3CH3.Ti/c1-9-10(2)12(4)13(11(9)3)16(7,8)14-15(5)6;;;;/h9-13H,1-8H3;3*1H3;/q4*-1;. The second-order valence-corrected chi connectivity index (χ2v) is 10.7. The van der Waals surface area contributed by atoms with E-state index in [1.165, 1.54) is 0 Å². The zero-order valence-corrected chi connectivity index (χ0v) is 18.3. The van der Waals surface area contributed by atoms with Gasteiger partial charge in [0.15, 0.2) is 0 Å². The smallest absolute Gasteiger partial charge is 0 e. The van der Waals surface area contributed by atoms with Crippen molar-refractivity contribution >= 4 is 8.24 Å². The molecule has 1 aliphatic rings. The Bertz CT molecular complexity index is 233. The molecular formula is C16H38N2SiTi-4. The normalized spacial score (nSPS) is 32.5. The van der Waals surface area contributed by atoms with Crippen LogP contribution in [0.2, 0.25) is 18.6 Å². The van der Waals surface area contributed by atoms with Crippen molar-refractivity contribution < 1.29 is 21.7 Å². The number of rotatable bonds is 3. The molecule has 1 saturated carbocycles. The summed E-state index contributed by atoms with van der Waals surface area (Å²) in [4.78, 5) is 0. The Morgan fingerprint density at radius 2 is 1.05 bits per heavy atom. The molecule has 0 heterocycles. The van der Waals surface area contributed by atoms with Gasteiger partial charge < -0.3 is 32.4 Å². The Morgan fingerprint density at radius 1 is 0.750 bits per heavy atom. The third-order valence-corrected chi connectivity index (χ3v) is 8.49. The number of hydrogen-bond donors (Lipinski definition) is 0. The fourth-order valence-electron chi connectivity index (χ4n) is 3.96. The minimum absolute atomic E-state index is 0. The molecule has 2 nitrogen and oxygen atoms in total. The SMILES string of the molecule is CC1C(C)C(C)C([Si](C)(C)[N-]N(C)C)C1C.[CH3-].[CH3-].[CH3-].[Ti]. The molecule has 4 atom stereocenters. The molecule has 0 saturated heterocycles. The second kappa shape index (κ2) is 10.6. The van der Waals surface area contributed by atoms with Gasteiger partial charge in [0, 0.05) is 21.7 Å². The minimum Gasteiger partial charge on any atom is -0.597 e. The number of nitrogens with zero attached hydrogens (tertiary/aromatic N) is 2. The Kier molecular flexibility index (Phi) is 15.3. The predicted molar refractivity (Wildman–Crippen MR) is 94.2 cm³/mol. The maximum Gasteiger partial charge on any atom is 0 e. The molecule has 0 spiro atoms. The van der Waals surface area contributed by atoms with Gasteiger partial charge in [0.2, 0.25) is 0 Å². The van der Waals surface area contributed by atoms with Crippen molar-refractivity contribution in [3.05, 3.63) is 27.4 Å². The van der Waals surface area contributed by atoms with E-state index in [0.29, 0.717) is 0 Å². The Hall–Kier alpha value is 0.851. The van der Waals surface area contributed by atoms with Gasteiger partial charge in [-0.3, -0.25) is 0 Å². The Balaban J connectivity index is -0.000000320. The number of hydrogen-bond acceptors (Lipinski definition) is 1. The van der Waals surface area contributed by atoms with E-state index >= 15 is 0 Å². The predicted octanol–water partition coefficient (Wildman–Crippen LogP) is 5.32. The van der Waals surface area contributed by atoms with Crippen molar-refractivity contribution in [1.29, 1.82) is 0 Å². The minimum atomic E-state index is -1.49. The molecule has 0 bridgehead atoms. The largest absolute Gasteiger partial charge is 0.597 e. The first-order valence-corrected chi connectivity index (χ1v) is 9.61. The van der Waals surface area contributed by atoms with Crippen LogP contribution in [-0.2, 0) is 21.7 Å². The molecule has 0 aromatic heterocycles. The van der Waals surface area contributed by atoms with E-state index in [1.807, 2.05) is 5.01 Å². The summed E-state index contributed by atoms with van der Waals surface area (Å²) < 4.78 is 0. The average molecular weight is 334 g/mol. The molecule has 0 aromatic rings. The van der Waals surface area contributed by atoms with Crippen LogP contribution < -0.4 is 0 Å². The summed E-state index contributed by atoms with van der Waals surface area (Å²) in [5, 5.41) is 6.96. The van der Waals surface area contributed by atoms with Crippen molar-refractivity contribution in [3.8, 4) is 0 Å². The first kappa shape index (κ1) is 28.9. The molecule has 1 rings (SSSR count). The third-order valence-electron chi connectivity index (χ3n) is 4.89. The molecule has 0 aromatic carbocycles. The van der Waals surface area contributed by atoms with Crippen LogP contribution in [-0.4, -0.2) is 27.3 Å². The molecule has 124 valence electrons. The summed E-state index contributed by atoms with van der Waals surface area (Å²) in [5.41, 5.74) is 0.833. The molecule has 1 fully saturated rings. The molecular weight excluding hydrogens is 296 g/mol. The van der Waals surface area contributed by atoms with Crippen LogP contribution >= 0.6 is 0 Å². The summed E-state index contributed by atoms with van der Waals surface area (Å²) in [5.74, 6) is 3.36. The van der Waals surface area contributed by atoms with E-state index in [0.717, 1.165) is 29.2 Å². The monoisotopic (exact) mass is 334 g/mol. The van der Waals surface area contributed by atoms with E-state index in [-0.39, 0.29) is 44.0 Å². The molecule has 4 heteroatoms. The first-order chi connectivity index (χ1) is 7.18. The van der Waals surface area contributed by atoms with Gasteiger partial charge in [-0.05, 0) is 46.0 Å². The Labute approximate surface area is 146 Å². The van der Waals surface area contributed by atoms with Gasteiger partial charge in [-0.2, -0.15) is 0 Å². The van der Waals surface area contributed by atoms with Crippen LogP contribution in [0.1, 0.15) is 27.7 Å². The van der Waals surface area contributed by atoms with Crippen molar-refractivity contribution in [2.45, 2.75) is 46.3 Å². The average Bonchev–Trinajstić information content (AvgIpc) is 2.29. The van der Waals surface area contributed by atoms with Crippen LogP contribution in [0.15, 0.2) is 0 Å². The summed E-state index contributed by atoms with van der Waals surface area (Å²) >= 11 is 0. The molecule has 0 N–H and O–H groups in total. The van der Waals surface area contributed by atoms with E-state index in [1.54, 1.807) is 0 Å². The van der Waals surface area contributed by atoms with E-state index in [4.69, 9.17) is 5.09 Å². The van der Waals surface area contributed by atoms with Crippen LogP contribution in [0.3, 0.4) is 0 Å². The van der Waals surface area contributed by atoms with Gasteiger partial charge in [0.05, 0.1) is 0 Å². The zero-order chi connectivity index (χ0) is 12.7. The molecule has 0 amide bonds. The van der Waals surface area contributed by atoms with Crippen LogP contribution in [0.5, 0.6) is 0 Å². The molecule has 1 aliphatic carbocycles. The quantitative estimate of drug-likeness (QED) is 0.388. The van der Waals surface area contributed by atoms with Gasteiger partial charge in [-0.1, -0.05) is 46.3 Å². The fourth-order valence-corrected chi connectivity index (χ4v) is 8.30. The van der Waals surface area contributed by atoms with Crippen molar-refractivity contribution in [3.63, 3.8) is 0 Å². The van der Waals surface area contributed by atoms with Crippen molar-refractivity contribution in [2.24, 2.45) is 23.7 Å². The van der Waals surface area contributed by atoms with Gasteiger partial charge in [-0.25, -0.2) is 0 Å². The van der Waals surface area contributed by atoms with Gasteiger partial charge >= 0.3 is 0 Å². The molecule has 20 heavy (non-hydrogen) atoms. The van der Waals surface area contributed by atoms with Crippen molar-refractivity contribution in [2.75, 3.05) is 14.1 Å². The maximum absolute atomic E-state index is 4.93.